The van der Waals surface area contributed by atoms with Gasteiger partial charge in [-0.1, -0.05) is 12.1 Å². The van der Waals surface area contributed by atoms with Gasteiger partial charge < -0.3 is 20.4 Å². The number of hydrogen-bond donors (Lipinski definition) is 3. The first-order valence-electron chi connectivity index (χ1n) is 6.48. The maximum atomic E-state index is 12.8. The van der Waals surface area contributed by atoms with Gasteiger partial charge in [-0.15, -0.1) is 0 Å². The number of ether oxygens (including phenoxy) is 1. The number of aromatic amines is 2. The quantitative estimate of drug-likeness (QED) is 0.687. The lowest BCUT2D eigenvalue weighted by Crippen LogP contribution is -2.18. The van der Waals surface area contributed by atoms with Crippen molar-refractivity contribution in [3.63, 3.8) is 0 Å². The molecule has 0 aliphatic rings. The molecule has 0 spiro atoms. The van der Waals surface area contributed by atoms with Crippen LogP contribution in [0.2, 0.25) is 0 Å². The fourth-order valence-electron chi connectivity index (χ4n) is 2.09. The van der Waals surface area contributed by atoms with Gasteiger partial charge in [0.1, 0.15) is 18.2 Å². The van der Waals surface area contributed by atoms with Crippen LogP contribution in [0.4, 0.5) is 4.39 Å². The Balaban J connectivity index is 1.70. The molecule has 1 aromatic heterocycles. The van der Waals surface area contributed by atoms with Crippen LogP contribution in [0.3, 0.4) is 0 Å². The van der Waals surface area contributed by atoms with Gasteiger partial charge in [0.15, 0.2) is 0 Å². The molecule has 1 atom stereocenters. The number of nitrogens with one attached hydrogen (secondary N) is 2. The van der Waals surface area contributed by atoms with Crippen molar-refractivity contribution in [2.75, 3.05) is 6.61 Å². The van der Waals surface area contributed by atoms with Crippen LogP contribution >= 0.6 is 0 Å². The van der Waals surface area contributed by atoms with Crippen molar-refractivity contribution in [1.29, 1.82) is 0 Å². The third-order valence-corrected chi connectivity index (χ3v) is 3.22. The molecule has 21 heavy (non-hydrogen) atoms. The van der Waals surface area contributed by atoms with Crippen molar-refractivity contribution >= 4 is 11.0 Å². The summed E-state index contributed by atoms with van der Waals surface area (Å²) >= 11 is 0. The SMILES string of the molecule is N[C@@H](COc1ccc2[nH]c(=O)[nH]c2c1)c1ccc(F)cc1. The summed E-state index contributed by atoms with van der Waals surface area (Å²) in [6.07, 6.45) is 0. The van der Waals surface area contributed by atoms with Gasteiger partial charge >= 0.3 is 5.69 Å². The predicted molar refractivity (Wildman–Crippen MR) is 77.7 cm³/mol. The maximum Gasteiger partial charge on any atom is 0.323 e. The van der Waals surface area contributed by atoms with Crippen LogP contribution in [-0.2, 0) is 0 Å². The number of imidazole rings is 1. The van der Waals surface area contributed by atoms with Crippen LogP contribution in [-0.4, -0.2) is 16.6 Å². The summed E-state index contributed by atoms with van der Waals surface area (Å²) in [6.45, 7) is 0.256. The van der Waals surface area contributed by atoms with E-state index in [2.05, 4.69) is 9.97 Å². The third kappa shape index (κ3) is 2.95. The number of halogens is 1. The van der Waals surface area contributed by atoms with Gasteiger partial charge in [-0.05, 0) is 29.8 Å². The van der Waals surface area contributed by atoms with Gasteiger partial charge in [0.2, 0.25) is 0 Å². The van der Waals surface area contributed by atoms with Crippen molar-refractivity contribution in [1.82, 2.24) is 9.97 Å². The minimum absolute atomic E-state index is 0.256. The van der Waals surface area contributed by atoms with Gasteiger partial charge in [0.25, 0.3) is 0 Å². The smallest absolute Gasteiger partial charge is 0.323 e. The highest BCUT2D eigenvalue weighted by Gasteiger charge is 2.08. The van der Waals surface area contributed by atoms with E-state index >= 15 is 0 Å². The van der Waals surface area contributed by atoms with Crippen LogP contribution in [0.5, 0.6) is 5.75 Å². The number of fused-ring (bicyclic) bond motifs is 1. The normalized spacial score (nSPS) is 12.5. The van der Waals surface area contributed by atoms with Crippen LogP contribution in [0.25, 0.3) is 11.0 Å². The largest absolute Gasteiger partial charge is 0.492 e. The Bertz CT molecular complexity index is 808. The fourth-order valence-corrected chi connectivity index (χ4v) is 2.09. The number of benzene rings is 2. The Morgan fingerprint density at radius 2 is 1.81 bits per heavy atom. The predicted octanol–water partition coefficient (Wildman–Crippen LogP) is 2.07. The molecule has 6 heteroatoms. The zero-order valence-corrected chi connectivity index (χ0v) is 11.1. The monoisotopic (exact) mass is 287 g/mol. The van der Waals surface area contributed by atoms with Crippen molar-refractivity contribution < 1.29 is 9.13 Å². The molecular weight excluding hydrogens is 273 g/mol. The van der Waals surface area contributed by atoms with E-state index in [1.165, 1.54) is 12.1 Å². The number of hydrogen-bond acceptors (Lipinski definition) is 3. The molecule has 4 N–H and O–H groups in total. The summed E-state index contributed by atoms with van der Waals surface area (Å²) < 4.78 is 18.5. The highest BCUT2D eigenvalue weighted by molar-refractivity contribution is 5.75. The van der Waals surface area contributed by atoms with Crippen molar-refractivity contribution in [3.05, 3.63) is 64.3 Å². The van der Waals surface area contributed by atoms with Crippen molar-refractivity contribution in [2.45, 2.75) is 6.04 Å². The second kappa shape index (κ2) is 5.41. The minimum atomic E-state index is -0.355. The first-order valence-corrected chi connectivity index (χ1v) is 6.48. The molecule has 0 unspecified atom stereocenters. The Hall–Kier alpha value is -2.60. The van der Waals surface area contributed by atoms with Gasteiger partial charge in [0.05, 0.1) is 17.1 Å². The van der Waals surface area contributed by atoms with Gasteiger partial charge in [-0.2, -0.15) is 0 Å². The number of aromatic nitrogens is 2. The molecular formula is C15H14FN3O2. The van der Waals surface area contributed by atoms with E-state index in [1.54, 1.807) is 30.3 Å². The molecule has 0 radical (unpaired) electrons. The van der Waals surface area contributed by atoms with Crippen molar-refractivity contribution in [2.24, 2.45) is 5.73 Å². The average molecular weight is 287 g/mol. The maximum absolute atomic E-state index is 12.8. The van der Waals surface area contributed by atoms with Crippen molar-refractivity contribution in [3.8, 4) is 5.75 Å². The van der Waals surface area contributed by atoms with E-state index in [4.69, 9.17) is 10.5 Å². The molecule has 0 bridgehead atoms. The third-order valence-electron chi connectivity index (χ3n) is 3.22. The molecule has 5 nitrogen and oxygen atoms in total. The summed E-state index contributed by atoms with van der Waals surface area (Å²) in [6, 6.07) is 10.9. The lowest BCUT2D eigenvalue weighted by molar-refractivity contribution is 0.291. The molecule has 108 valence electrons. The molecule has 0 saturated carbocycles. The van der Waals surface area contributed by atoms with Crippen LogP contribution in [0.15, 0.2) is 47.3 Å². The van der Waals surface area contributed by atoms with E-state index in [-0.39, 0.29) is 24.2 Å². The topological polar surface area (TPSA) is 83.9 Å². The van der Waals surface area contributed by atoms with E-state index in [1.807, 2.05) is 0 Å². The number of nitrogens with two attached hydrogens (primary N) is 1. The Kier molecular flexibility index (Phi) is 3.45. The molecule has 0 aliphatic carbocycles. The fraction of sp³-hybridized carbons (Fsp3) is 0.133. The molecule has 1 heterocycles. The molecule has 3 rings (SSSR count). The lowest BCUT2D eigenvalue weighted by Gasteiger charge is -2.13. The highest BCUT2D eigenvalue weighted by atomic mass is 19.1. The second-order valence-corrected chi connectivity index (χ2v) is 4.76. The standard InChI is InChI=1S/C15H14FN3O2/c16-10-3-1-9(2-4-10)12(17)8-21-11-5-6-13-14(7-11)19-15(20)18-13/h1-7,12H,8,17H2,(H2,18,19,20)/t12-/m0/s1. The molecule has 2 aromatic carbocycles. The zero-order valence-electron chi connectivity index (χ0n) is 11.1. The van der Waals surface area contributed by atoms with E-state index in [9.17, 15) is 9.18 Å². The molecule has 0 aliphatic heterocycles. The summed E-state index contributed by atoms with van der Waals surface area (Å²) in [5, 5.41) is 0. The highest BCUT2D eigenvalue weighted by Crippen LogP contribution is 2.19. The Labute approximate surface area is 119 Å². The summed E-state index contributed by atoms with van der Waals surface area (Å²) in [5.74, 6) is 0.309. The number of rotatable bonds is 4. The average Bonchev–Trinajstić information content (AvgIpc) is 2.84. The molecule has 0 fully saturated rings. The van der Waals surface area contributed by atoms with Gasteiger partial charge in [-0.3, -0.25) is 0 Å². The van der Waals surface area contributed by atoms with E-state index in [0.717, 1.165) is 11.1 Å². The first kappa shape index (κ1) is 13.4. The van der Waals surface area contributed by atoms with Crippen LogP contribution in [0.1, 0.15) is 11.6 Å². The lowest BCUT2D eigenvalue weighted by atomic mass is 10.1. The summed E-state index contributed by atoms with van der Waals surface area (Å²) in [4.78, 5) is 16.5. The van der Waals surface area contributed by atoms with Crippen LogP contribution in [0, 0.1) is 5.82 Å². The van der Waals surface area contributed by atoms with Crippen LogP contribution < -0.4 is 16.2 Å². The molecule has 3 aromatic rings. The number of H-pyrrole nitrogens is 2. The Morgan fingerprint density at radius 3 is 2.57 bits per heavy atom. The molecule has 0 saturated heterocycles. The zero-order chi connectivity index (χ0) is 14.8. The minimum Gasteiger partial charge on any atom is -0.492 e. The van der Waals surface area contributed by atoms with E-state index in [0.29, 0.717) is 11.3 Å². The second-order valence-electron chi connectivity index (χ2n) is 4.76. The van der Waals surface area contributed by atoms with Gasteiger partial charge in [0, 0.05) is 6.07 Å². The summed E-state index contributed by atoms with van der Waals surface area (Å²) in [7, 11) is 0. The molecule has 0 amide bonds. The Morgan fingerprint density at radius 1 is 1.10 bits per heavy atom. The van der Waals surface area contributed by atoms with E-state index < -0.39 is 0 Å². The first-order chi connectivity index (χ1) is 10.1. The van der Waals surface area contributed by atoms with Gasteiger partial charge in [-0.25, -0.2) is 9.18 Å². The summed E-state index contributed by atoms with van der Waals surface area (Å²) in [5.41, 5.74) is 7.93.